The lowest BCUT2D eigenvalue weighted by atomic mass is 10.1. The second-order valence-corrected chi connectivity index (χ2v) is 9.14. The van der Waals surface area contributed by atoms with Crippen molar-refractivity contribution in [1.29, 1.82) is 0 Å². The Morgan fingerprint density at radius 1 is 1.11 bits per heavy atom. The minimum absolute atomic E-state index is 0.339. The third kappa shape index (κ3) is 3.96. The van der Waals surface area contributed by atoms with Crippen LogP contribution in [-0.2, 0) is 9.73 Å². The van der Waals surface area contributed by atoms with Gasteiger partial charge in [-0.1, -0.05) is 17.3 Å². The van der Waals surface area contributed by atoms with E-state index in [-0.39, 0.29) is 5.25 Å². The van der Waals surface area contributed by atoms with Crippen LogP contribution in [0.15, 0.2) is 62.3 Å². The number of nitrogens with zero attached hydrogens (tertiary/aromatic N) is 3. The molecule has 0 spiro atoms. The summed E-state index contributed by atoms with van der Waals surface area (Å²) in [5, 5.41) is 3.51. The molecule has 28 heavy (non-hydrogen) atoms. The van der Waals surface area contributed by atoms with Crippen LogP contribution in [0.2, 0.25) is 0 Å². The maximum atomic E-state index is 13.5. The number of ether oxygens (including phenoxy) is 1. The number of carbonyl (C=O) groups is 1. The van der Waals surface area contributed by atoms with Gasteiger partial charge >= 0.3 is 0 Å². The number of aryl methyl sites for hydroxylation is 1. The summed E-state index contributed by atoms with van der Waals surface area (Å²) in [7, 11) is -1.38. The molecule has 3 rings (SSSR count). The molecule has 1 unspecified atom stereocenters. The Balaban J connectivity index is 1.94. The highest BCUT2D eigenvalue weighted by Gasteiger charge is 2.20. The number of amides is 1. The number of aromatic nitrogens is 2. The average Bonchev–Trinajstić information content (AvgIpc) is 3.14. The zero-order chi connectivity index (χ0) is 20.3. The summed E-state index contributed by atoms with van der Waals surface area (Å²) >= 11 is 0. The van der Waals surface area contributed by atoms with Crippen LogP contribution in [-0.4, -0.2) is 32.6 Å². The van der Waals surface area contributed by atoms with E-state index in [0.29, 0.717) is 33.5 Å². The largest absolute Gasteiger partial charge is 0.497 e. The number of rotatable bonds is 5. The first-order valence-electron chi connectivity index (χ1n) is 8.68. The molecule has 1 aromatic heterocycles. The van der Waals surface area contributed by atoms with E-state index in [4.69, 9.17) is 9.26 Å². The molecule has 1 heterocycles. The molecule has 0 saturated heterocycles. The maximum Gasteiger partial charge on any atom is 0.285 e. The van der Waals surface area contributed by atoms with E-state index < -0.39 is 15.6 Å². The van der Waals surface area contributed by atoms with Crippen LogP contribution in [0.5, 0.6) is 5.75 Å². The van der Waals surface area contributed by atoms with Crippen LogP contribution in [0.25, 0.3) is 11.4 Å². The van der Waals surface area contributed by atoms with Crippen molar-refractivity contribution < 1.29 is 18.3 Å². The van der Waals surface area contributed by atoms with Gasteiger partial charge in [0, 0.05) is 28.2 Å². The lowest BCUT2D eigenvalue weighted by Crippen LogP contribution is -2.16. The number of benzene rings is 2. The van der Waals surface area contributed by atoms with Gasteiger partial charge in [0.1, 0.15) is 5.75 Å². The van der Waals surface area contributed by atoms with E-state index in [1.165, 1.54) is 0 Å². The first-order chi connectivity index (χ1) is 13.3. The van der Waals surface area contributed by atoms with Gasteiger partial charge < -0.3 is 9.26 Å². The van der Waals surface area contributed by atoms with Gasteiger partial charge in [-0.25, -0.2) is 4.21 Å². The van der Waals surface area contributed by atoms with Gasteiger partial charge in [-0.3, -0.25) is 4.79 Å². The summed E-state index contributed by atoms with van der Waals surface area (Å²) in [5.74, 6) is 1.01. The summed E-state index contributed by atoms with van der Waals surface area (Å²) in [6.07, 6.45) is 0. The van der Waals surface area contributed by atoms with Crippen molar-refractivity contribution in [1.82, 2.24) is 10.1 Å². The molecule has 2 aromatic carbocycles. The fourth-order valence-electron chi connectivity index (χ4n) is 2.56. The normalized spacial score (nSPS) is 13.2. The van der Waals surface area contributed by atoms with Gasteiger partial charge in [-0.15, -0.1) is 0 Å². The lowest BCUT2D eigenvalue weighted by Gasteiger charge is -2.14. The Hall–Kier alpha value is -3.00. The van der Waals surface area contributed by atoms with Crippen LogP contribution in [0.4, 0.5) is 0 Å². The second-order valence-electron chi connectivity index (χ2n) is 6.40. The van der Waals surface area contributed by atoms with E-state index in [1.54, 1.807) is 76.4 Å². The molecule has 0 aliphatic rings. The third-order valence-electron chi connectivity index (χ3n) is 4.17. The van der Waals surface area contributed by atoms with Gasteiger partial charge in [0.05, 0.1) is 16.8 Å². The van der Waals surface area contributed by atoms with Crippen molar-refractivity contribution in [2.45, 2.75) is 30.9 Å². The Bertz CT molecular complexity index is 1090. The van der Waals surface area contributed by atoms with Crippen LogP contribution in [0.3, 0.4) is 0 Å². The predicted molar refractivity (Wildman–Crippen MR) is 106 cm³/mol. The number of methoxy groups -OCH3 is 1. The second kappa shape index (κ2) is 7.93. The fourth-order valence-corrected chi connectivity index (χ4v) is 4.29. The van der Waals surface area contributed by atoms with E-state index in [2.05, 4.69) is 14.5 Å². The molecule has 1 atom stereocenters. The summed E-state index contributed by atoms with van der Waals surface area (Å²) in [5.41, 5.74) is 1.05. The lowest BCUT2D eigenvalue weighted by molar-refractivity contribution is 0.100. The molecule has 0 bridgehead atoms. The molecule has 0 aliphatic carbocycles. The van der Waals surface area contributed by atoms with Crippen LogP contribution in [0, 0.1) is 6.92 Å². The van der Waals surface area contributed by atoms with Crippen molar-refractivity contribution in [2.75, 3.05) is 7.11 Å². The molecule has 0 radical (unpaired) electrons. The molecular weight excluding hydrogens is 378 g/mol. The standard InChI is InChI=1S/C20H21N3O4S/c1-13(2)28(25,18-11-9-17(26-4)10-12-18)23-20(24)16-7-5-15(6-8-16)19-21-14(3)27-22-19/h5-13H,1-4H3. The molecule has 0 aliphatic heterocycles. The predicted octanol–water partition coefficient (Wildman–Crippen LogP) is 4.13. The third-order valence-corrected chi connectivity index (χ3v) is 6.83. The number of carbonyl (C=O) groups excluding carboxylic acids is 1. The highest BCUT2D eigenvalue weighted by Crippen LogP contribution is 2.23. The minimum Gasteiger partial charge on any atom is -0.497 e. The summed E-state index contributed by atoms with van der Waals surface area (Å²) in [6.45, 7) is 5.27. The maximum absolute atomic E-state index is 13.5. The molecule has 146 valence electrons. The van der Waals surface area contributed by atoms with Gasteiger partial charge in [0.2, 0.25) is 11.7 Å². The fraction of sp³-hybridized carbons (Fsp3) is 0.250. The highest BCUT2D eigenvalue weighted by atomic mass is 32.2. The zero-order valence-corrected chi connectivity index (χ0v) is 16.9. The molecule has 0 fully saturated rings. The van der Waals surface area contributed by atoms with E-state index >= 15 is 0 Å². The SMILES string of the molecule is COc1ccc(S(=O)(=NC(=O)c2ccc(-c3noc(C)n3)cc2)C(C)C)cc1. The monoisotopic (exact) mass is 399 g/mol. The van der Waals surface area contributed by atoms with Crippen molar-refractivity contribution >= 4 is 15.6 Å². The van der Waals surface area contributed by atoms with E-state index in [0.717, 1.165) is 0 Å². The van der Waals surface area contributed by atoms with Crippen molar-refractivity contribution in [2.24, 2.45) is 4.36 Å². The Labute approximate surface area is 163 Å². The van der Waals surface area contributed by atoms with Gasteiger partial charge in [0.25, 0.3) is 5.91 Å². The van der Waals surface area contributed by atoms with E-state index in [1.807, 2.05) is 0 Å². The minimum atomic E-state index is -2.94. The molecular formula is C20H21N3O4S. The molecule has 3 aromatic rings. The average molecular weight is 399 g/mol. The van der Waals surface area contributed by atoms with Gasteiger partial charge in [-0.05, 0) is 50.2 Å². The zero-order valence-electron chi connectivity index (χ0n) is 16.1. The number of hydrogen-bond donors (Lipinski definition) is 0. The Morgan fingerprint density at radius 3 is 2.25 bits per heavy atom. The summed E-state index contributed by atoms with van der Waals surface area (Å²) < 4.78 is 27.7. The first-order valence-corrected chi connectivity index (χ1v) is 10.3. The summed E-state index contributed by atoms with van der Waals surface area (Å²) in [6, 6.07) is 13.4. The van der Waals surface area contributed by atoms with Crippen molar-refractivity contribution in [3.05, 3.63) is 60.0 Å². The van der Waals surface area contributed by atoms with E-state index in [9.17, 15) is 9.00 Å². The molecule has 7 nitrogen and oxygen atoms in total. The molecule has 1 amide bonds. The van der Waals surface area contributed by atoms with Crippen molar-refractivity contribution in [3.8, 4) is 17.1 Å². The van der Waals surface area contributed by atoms with Gasteiger partial charge in [-0.2, -0.15) is 9.35 Å². The summed E-state index contributed by atoms with van der Waals surface area (Å²) in [4.78, 5) is 17.3. The first kappa shape index (κ1) is 19.8. The molecule has 0 saturated carbocycles. The highest BCUT2D eigenvalue weighted by molar-refractivity contribution is 7.94. The quantitative estimate of drug-likeness (QED) is 0.640. The van der Waals surface area contributed by atoms with Crippen LogP contribution >= 0.6 is 0 Å². The molecule has 0 N–H and O–H groups in total. The Morgan fingerprint density at radius 2 is 1.75 bits per heavy atom. The van der Waals surface area contributed by atoms with Crippen LogP contribution in [0.1, 0.15) is 30.1 Å². The van der Waals surface area contributed by atoms with Gasteiger partial charge in [0.15, 0.2) is 0 Å². The number of hydrogen-bond acceptors (Lipinski definition) is 6. The smallest absolute Gasteiger partial charge is 0.285 e. The van der Waals surface area contributed by atoms with Crippen LogP contribution < -0.4 is 4.74 Å². The van der Waals surface area contributed by atoms with Crippen molar-refractivity contribution in [3.63, 3.8) is 0 Å². The topological polar surface area (TPSA) is 94.7 Å². The molecule has 8 heteroatoms. The Kier molecular flexibility index (Phi) is 5.60.